The molecule has 1 aromatic heterocycles. The molecule has 0 fully saturated rings. The maximum atomic E-state index is 11.8. The summed E-state index contributed by atoms with van der Waals surface area (Å²) < 4.78 is 11.2. The van der Waals surface area contributed by atoms with Crippen molar-refractivity contribution in [1.82, 2.24) is 0 Å². The summed E-state index contributed by atoms with van der Waals surface area (Å²) in [6.45, 7) is 8.26. The highest BCUT2D eigenvalue weighted by molar-refractivity contribution is 5.85. The highest BCUT2D eigenvalue weighted by Crippen LogP contribution is 2.29. The predicted molar refractivity (Wildman–Crippen MR) is 85.1 cm³/mol. The third-order valence-corrected chi connectivity index (χ3v) is 4.09. The largest absolute Gasteiger partial charge is 0.493 e. The summed E-state index contributed by atoms with van der Waals surface area (Å²) in [6, 6.07) is 4.04. The molecule has 4 heteroatoms. The van der Waals surface area contributed by atoms with Gasteiger partial charge in [0.15, 0.2) is 0 Å². The van der Waals surface area contributed by atoms with Gasteiger partial charge in [0.05, 0.1) is 6.61 Å². The number of hydrogen-bond acceptors (Lipinski definition) is 4. The van der Waals surface area contributed by atoms with Crippen LogP contribution in [0, 0.1) is 20.8 Å². The van der Waals surface area contributed by atoms with Crippen LogP contribution < -0.4 is 16.1 Å². The Balaban J connectivity index is 2.34. The zero-order valence-corrected chi connectivity index (χ0v) is 13.2. The molecular formula is C17H23NO3. The zero-order valence-electron chi connectivity index (χ0n) is 13.2. The van der Waals surface area contributed by atoms with Gasteiger partial charge in [0, 0.05) is 22.6 Å². The Bertz CT molecular complexity index is 703. The molecule has 114 valence electrons. The Labute approximate surface area is 124 Å². The average Bonchev–Trinajstić information content (AvgIpc) is 2.47. The van der Waals surface area contributed by atoms with E-state index < -0.39 is 0 Å². The maximum Gasteiger partial charge on any atom is 0.339 e. The van der Waals surface area contributed by atoms with Gasteiger partial charge in [0.1, 0.15) is 11.3 Å². The molecule has 1 heterocycles. The molecular weight excluding hydrogens is 266 g/mol. The fourth-order valence-corrected chi connectivity index (χ4v) is 2.31. The normalized spacial score (nSPS) is 12.6. The Hall–Kier alpha value is -1.81. The van der Waals surface area contributed by atoms with E-state index >= 15 is 0 Å². The number of aryl methyl sites for hydroxylation is 2. The van der Waals surface area contributed by atoms with Gasteiger partial charge in [0.25, 0.3) is 0 Å². The quantitative estimate of drug-likeness (QED) is 0.858. The molecule has 0 aliphatic heterocycles. The van der Waals surface area contributed by atoms with Crippen LogP contribution in [0.2, 0.25) is 0 Å². The van der Waals surface area contributed by atoms with Crippen molar-refractivity contribution < 1.29 is 9.15 Å². The van der Waals surface area contributed by atoms with Crippen LogP contribution in [0.3, 0.4) is 0 Å². The minimum atomic E-state index is -0.284. The van der Waals surface area contributed by atoms with Crippen molar-refractivity contribution in [3.63, 3.8) is 0 Å². The highest BCUT2D eigenvalue weighted by Gasteiger charge is 2.13. The molecule has 0 amide bonds. The molecule has 0 aliphatic carbocycles. The van der Waals surface area contributed by atoms with Crippen LogP contribution in [0.15, 0.2) is 21.3 Å². The summed E-state index contributed by atoms with van der Waals surface area (Å²) in [5.41, 5.74) is 8.69. The van der Waals surface area contributed by atoms with Crippen molar-refractivity contribution in [3.05, 3.63) is 39.2 Å². The van der Waals surface area contributed by atoms with Crippen molar-refractivity contribution in [2.45, 2.75) is 46.6 Å². The minimum Gasteiger partial charge on any atom is -0.493 e. The van der Waals surface area contributed by atoms with Gasteiger partial charge in [-0.05, 0) is 51.3 Å². The Morgan fingerprint density at radius 3 is 2.57 bits per heavy atom. The van der Waals surface area contributed by atoms with Gasteiger partial charge < -0.3 is 14.9 Å². The summed E-state index contributed by atoms with van der Waals surface area (Å²) in [5, 5.41) is 0.960. The number of hydrogen-bond donors (Lipinski definition) is 1. The first-order chi connectivity index (χ1) is 9.95. The van der Waals surface area contributed by atoms with Crippen LogP contribution in [-0.2, 0) is 0 Å². The Morgan fingerprint density at radius 2 is 1.90 bits per heavy atom. The van der Waals surface area contributed by atoms with Gasteiger partial charge in [-0.15, -0.1) is 0 Å². The minimum absolute atomic E-state index is 0.161. The standard InChI is InChI=1S/C17H23NO3/c1-5-13(18)8-9-20-15-7-6-14-10(2)11(3)17(19)21-16(14)12(15)4/h6-7,13H,5,8-9,18H2,1-4H3. The second-order valence-corrected chi connectivity index (χ2v) is 5.51. The number of nitrogens with two attached hydrogens (primary N) is 1. The molecule has 0 radical (unpaired) electrons. The summed E-state index contributed by atoms with van der Waals surface area (Å²) >= 11 is 0. The number of rotatable bonds is 5. The van der Waals surface area contributed by atoms with Crippen molar-refractivity contribution >= 4 is 11.0 Å². The van der Waals surface area contributed by atoms with Crippen LogP contribution in [-0.4, -0.2) is 12.6 Å². The molecule has 4 nitrogen and oxygen atoms in total. The van der Waals surface area contributed by atoms with E-state index in [4.69, 9.17) is 14.9 Å². The third-order valence-electron chi connectivity index (χ3n) is 4.09. The lowest BCUT2D eigenvalue weighted by Crippen LogP contribution is -2.21. The van der Waals surface area contributed by atoms with E-state index in [0.29, 0.717) is 17.8 Å². The van der Waals surface area contributed by atoms with E-state index in [1.807, 2.05) is 26.0 Å². The second-order valence-electron chi connectivity index (χ2n) is 5.51. The van der Waals surface area contributed by atoms with Gasteiger partial charge in [-0.3, -0.25) is 0 Å². The lowest BCUT2D eigenvalue weighted by Gasteiger charge is -2.14. The van der Waals surface area contributed by atoms with E-state index in [-0.39, 0.29) is 11.7 Å². The van der Waals surface area contributed by atoms with Crippen LogP contribution in [0.1, 0.15) is 36.5 Å². The average molecular weight is 289 g/mol. The fourth-order valence-electron chi connectivity index (χ4n) is 2.31. The van der Waals surface area contributed by atoms with Crippen molar-refractivity contribution in [3.8, 4) is 5.75 Å². The van der Waals surface area contributed by atoms with Crippen LogP contribution in [0.5, 0.6) is 5.75 Å². The van der Waals surface area contributed by atoms with Crippen molar-refractivity contribution in [2.24, 2.45) is 5.73 Å². The first kappa shape index (κ1) is 15.6. The maximum absolute atomic E-state index is 11.8. The molecule has 0 saturated carbocycles. The molecule has 2 rings (SSSR count). The lowest BCUT2D eigenvalue weighted by atomic mass is 10.0. The number of fused-ring (bicyclic) bond motifs is 1. The van der Waals surface area contributed by atoms with Crippen molar-refractivity contribution in [1.29, 1.82) is 0 Å². The second kappa shape index (κ2) is 6.31. The Kier molecular flexibility index (Phi) is 4.68. The molecule has 21 heavy (non-hydrogen) atoms. The van der Waals surface area contributed by atoms with E-state index in [9.17, 15) is 4.79 Å². The van der Waals surface area contributed by atoms with Gasteiger partial charge >= 0.3 is 5.63 Å². The van der Waals surface area contributed by atoms with E-state index in [2.05, 4.69) is 6.92 Å². The summed E-state index contributed by atoms with van der Waals surface area (Å²) in [5.74, 6) is 0.747. The molecule has 2 aromatic rings. The lowest BCUT2D eigenvalue weighted by molar-refractivity contribution is 0.294. The number of ether oxygens (including phenoxy) is 1. The van der Waals surface area contributed by atoms with Crippen LogP contribution in [0.25, 0.3) is 11.0 Å². The summed E-state index contributed by atoms with van der Waals surface area (Å²) in [7, 11) is 0. The first-order valence-electron chi connectivity index (χ1n) is 7.37. The number of benzene rings is 1. The third kappa shape index (κ3) is 3.10. The molecule has 0 bridgehead atoms. The van der Waals surface area contributed by atoms with Crippen LogP contribution in [0.4, 0.5) is 0 Å². The molecule has 0 saturated heterocycles. The van der Waals surface area contributed by atoms with E-state index in [0.717, 1.165) is 35.1 Å². The summed E-state index contributed by atoms with van der Waals surface area (Å²) in [4.78, 5) is 11.8. The topological polar surface area (TPSA) is 65.5 Å². The van der Waals surface area contributed by atoms with E-state index in [1.54, 1.807) is 6.92 Å². The van der Waals surface area contributed by atoms with Gasteiger partial charge in [-0.2, -0.15) is 0 Å². The summed E-state index contributed by atoms with van der Waals surface area (Å²) in [6.07, 6.45) is 1.75. The van der Waals surface area contributed by atoms with E-state index in [1.165, 1.54) is 0 Å². The van der Waals surface area contributed by atoms with Crippen molar-refractivity contribution in [2.75, 3.05) is 6.61 Å². The van der Waals surface area contributed by atoms with Gasteiger partial charge in [0.2, 0.25) is 0 Å². The zero-order chi connectivity index (χ0) is 15.6. The molecule has 1 unspecified atom stereocenters. The molecule has 2 N–H and O–H groups in total. The molecule has 1 aromatic carbocycles. The smallest absolute Gasteiger partial charge is 0.339 e. The monoisotopic (exact) mass is 289 g/mol. The molecule has 0 spiro atoms. The fraction of sp³-hybridized carbons (Fsp3) is 0.471. The van der Waals surface area contributed by atoms with Gasteiger partial charge in [-0.25, -0.2) is 4.79 Å². The molecule has 1 atom stereocenters. The van der Waals surface area contributed by atoms with Crippen LogP contribution >= 0.6 is 0 Å². The predicted octanol–water partition coefficient (Wildman–Crippen LogP) is 3.22. The first-order valence-corrected chi connectivity index (χ1v) is 7.37. The molecule has 0 aliphatic rings. The van der Waals surface area contributed by atoms with Gasteiger partial charge in [-0.1, -0.05) is 6.92 Å². The Morgan fingerprint density at radius 1 is 1.19 bits per heavy atom. The SMILES string of the molecule is CCC(N)CCOc1ccc2c(C)c(C)c(=O)oc2c1C. The highest BCUT2D eigenvalue weighted by atomic mass is 16.5.